The van der Waals surface area contributed by atoms with Gasteiger partial charge in [-0.2, -0.15) is 11.8 Å². The highest BCUT2D eigenvalue weighted by Crippen LogP contribution is 2.36. The molecular weight excluding hydrogens is 270 g/mol. The number of nitrogen functional groups attached to an aromatic ring is 1. The Kier molecular flexibility index (Phi) is 4.02. The van der Waals surface area contributed by atoms with Crippen LogP contribution in [-0.4, -0.2) is 27.9 Å². The van der Waals surface area contributed by atoms with Gasteiger partial charge in [-0.25, -0.2) is 4.98 Å². The number of anilines is 1. The van der Waals surface area contributed by atoms with Gasteiger partial charge in [-0.15, -0.1) is 0 Å². The Morgan fingerprint density at radius 1 is 1.72 bits per heavy atom. The Bertz CT molecular complexity index is 461. The van der Waals surface area contributed by atoms with Crippen molar-refractivity contribution < 1.29 is 4.79 Å². The van der Waals surface area contributed by atoms with Crippen LogP contribution in [0, 0.1) is 0 Å². The fourth-order valence-corrected chi connectivity index (χ4v) is 3.33. The molecule has 0 radical (unpaired) electrons. The first-order valence-corrected chi connectivity index (χ1v) is 7.20. The lowest BCUT2D eigenvalue weighted by Crippen LogP contribution is -2.36. The number of nitrogens with one attached hydrogen (secondary N) is 1. The van der Waals surface area contributed by atoms with Crippen LogP contribution in [0.4, 0.5) is 5.82 Å². The van der Waals surface area contributed by atoms with Crippen molar-refractivity contribution in [1.29, 1.82) is 0 Å². The number of carbonyl (C=O) groups is 1. The van der Waals surface area contributed by atoms with E-state index in [0.717, 1.165) is 6.42 Å². The molecule has 0 saturated carbocycles. The van der Waals surface area contributed by atoms with E-state index in [0.29, 0.717) is 17.1 Å². The second kappa shape index (κ2) is 5.36. The van der Waals surface area contributed by atoms with E-state index in [1.54, 1.807) is 6.07 Å². The van der Waals surface area contributed by atoms with E-state index < -0.39 is 0 Å². The number of pyridine rings is 1. The molecule has 1 aromatic heterocycles. The average Bonchev–Trinajstić information content (AvgIpc) is 2.77. The molecule has 1 fully saturated rings. The van der Waals surface area contributed by atoms with Crippen molar-refractivity contribution in [2.75, 3.05) is 18.0 Å². The normalized spacial score (nSPS) is 23.0. The largest absolute Gasteiger partial charge is 0.382 e. The zero-order valence-electron chi connectivity index (χ0n) is 10.2. The van der Waals surface area contributed by atoms with Crippen LogP contribution in [0.3, 0.4) is 0 Å². The molecule has 2 rings (SSSR count). The number of carbonyl (C=O) groups excluding carboxylic acids is 1. The van der Waals surface area contributed by atoms with Gasteiger partial charge in [0.1, 0.15) is 5.82 Å². The number of amides is 1. The van der Waals surface area contributed by atoms with Gasteiger partial charge in [-0.05, 0) is 31.6 Å². The van der Waals surface area contributed by atoms with Crippen molar-refractivity contribution in [2.24, 2.45) is 0 Å². The lowest BCUT2D eigenvalue weighted by Gasteiger charge is -2.22. The van der Waals surface area contributed by atoms with Crippen LogP contribution < -0.4 is 11.1 Å². The maximum absolute atomic E-state index is 11.9. The summed E-state index contributed by atoms with van der Waals surface area (Å²) in [6, 6.07) is 1.54. The standard InChI is InChI=1S/C12H16ClN3OS/c1-12(3-2-4-18-12)7-16-11(17)8-5-9(13)10(14)15-6-8/h5-6H,2-4,7H2,1H3,(H2,14,15)(H,16,17). The summed E-state index contributed by atoms with van der Waals surface area (Å²) in [6.07, 6.45) is 3.80. The van der Waals surface area contributed by atoms with Crippen molar-refractivity contribution >= 4 is 35.1 Å². The zero-order chi connectivity index (χ0) is 13.2. The van der Waals surface area contributed by atoms with Gasteiger partial charge in [0.15, 0.2) is 0 Å². The Hall–Kier alpha value is -0.940. The van der Waals surface area contributed by atoms with Crippen LogP contribution in [0.15, 0.2) is 12.3 Å². The fourth-order valence-electron chi connectivity index (χ4n) is 1.92. The maximum atomic E-state index is 11.9. The van der Waals surface area contributed by atoms with Gasteiger partial charge < -0.3 is 11.1 Å². The minimum Gasteiger partial charge on any atom is -0.382 e. The second-order valence-corrected chi connectivity index (χ2v) is 6.77. The molecule has 1 saturated heterocycles. The minimum atomic E-state index is -0.155. The number of hydrogen-bond donors (Lipinski definition) is 2. The van der Waals surface area contributed by atoms with Gasteiger partial charge in [-0.1, -0.05) is 11.6 Å². The molecule has 1 amide bonds. The molecule has 2 heterocycles. The molecule has 1 aliphatic rings. The van der Waals surface area contributed by atoms with Gasteiger partial charge >= 0.3 is 0 Å². The quantitative estimate of drug-likeness (QED) is 0.894. The van der Waals surface area contributed by atoms with Crippen LogP contribution in [0.5, 0.6) is 0 Å². The van der Waals surface area contributed by atoms with Gasteiger partial charge in [0.05, 0.1) is 10.6 Å². The van der Waals surface area contributed by atoms with Crippen molar-refractivity contribution in [2.45, 2.75) is 24.5 Å². The number of aromatic nitrogens is 1. The Morgan fingerprint density at radius 2 is 2.50 bits per heavy atom. The van der Waals surface area contributed by atoms with E-state index in [9.17, 15) is 4.79 Å². The molecular formula is C12H16ClN3OS. The van der Waals surface area contributed by atoms with E-state index in [1.807, 2.05) is 11.8 Å². The molecule has 6 heteroatoms. The van der Waals surface area contributed by atoms with Gasteiger partial charge in [0, 0.05) is 17.5 Å². The fraction of sp³-hybridized carbons (Fsp3) is 0.500. The molecule has 1 atom stereocenters. The predicted molar refractivity (Wildman–Crippen MR) is 76.1 cm³/mol. The van der Waals surface area contributed by atoms with Crippen LogP contribution in [0.2, 0.25) is 5.02 Å². The number of thioether (sulfide) groups is 1. The van der Waals surface area contributed by atoms with E-state index in [4.69, 9.17) is 17.3 Å². The molecule has 0 aromatic carbocycles. The topological polar surface area (TPSA) is 68.0 Å². The van der Waals surface area contributed by atoms with Crippen molar-refractivity contribution in [3.8, 4) is 0 Å². The number of hydrogen-bond acceptors (Lipinski definition) is 4. The number of halogens is 1. The summed E-state index contributed by atoms with van der Waals surface area (Å²) in [6.45, 7) is 2.84. The first-order valence-electron chi connectivity index (χ1n) is 5.83. The second-order valence-electron chi connectivity index (χ2n) is 4.68. The van der Waals surface area contributed by atoms with Crippen molar-refractivity contribution in [1.82, 2.24) is 10.3 Å². The summed E-state index contributed by atoms with van der Waals surface area (Å²) in [4.78, 5) is 15.8. The highest BCUT2D eigenvalue weighted by Gasteiger charge is 2.29. The molecule has 1 unspecified atom stereocenters. The van der Waals surface area contributed by atoms with Crippen molar-refractivity contribution in [3.05, 3.63) is 22.8 Å². The van der Waals surface area contributed by atoms with E-state index in [-0.39, 0.29) is 16.5 Å². The third kappa shape index (κ3) is 3.09. The molecule has 1 aliphatic heterocycles. The highest BCUT2D eigenvalue weighted by molar-refractivity contribution is 8.00. The summed E-state index contributed by atoms with van der Waals surface area (Å²) >= 11 is 7.75. The molecule has 0 bridgehead atoms. The maximum Gasteiger partial charge on any atom is 0.252 e. The Morgan fingerprint density at radius 3 is 3.11 bits per heavy atom. The molecule has 98 valence electrons. The third-order valence-electron chi connectivity index (χ3n) is 3.06. The lowest BCUT2D eigenvalue weighted by molar-refractivity contribution is 0.0949. The SMILES string of the molecule is CC1(CNC(=O)c2cnc(N)c(Cl)c2)CCCS1. The Labute approximate surface area is 116 Å². The molecule has 4 nitrogen and oxygen atoms in total. The monoisotopic (exact) mass is 285 g/mol. The van der Waals surface area contributed by atoms with E-state index in [1.165, 1.54) is 18.4 Å². The molecule has 3 N–H and O–H groups in total. The van der Waals surface area contributed by atoms with Gasteiger partial charge in [-0.3, -0.25) is 4.79 Å². The van der Waals surface area contributed by atoms with Crippen LogP contribution in [0.1, 0.15) is 30.1 Å². The van der Waals surface area contributed by atoms with Crippen LogP contribution in [-0.2, 0) is 0 Å². The smallest absolute Gasteiger partial charge is 0.252 e. The lowest BCUT2D eigenvalue weighted by atomic mass is 10.1. The molecule has 1 aromatic rings. The summed E-state index contributed by atoms with van der Waals surface area (Å²) < 4.78 is 0.153. The number of rotatable bonds is 3. The first-order chi connectivity index (χ1) is 8.50. The summed E-state index contributed by atoms with van der Waals surface area (Å²) in [5.74, 6) is 1.26. The molecule has 0 aliphatic carbocycles. The predicted octanol–water partition coefficient (Wildman–Crippen LogP) is 2.33. The number of nitrogens with zero attached hydrogens (tertiary/aromatic N) is 1. The molecule has 0 spiro atoms. The zero-order valence-corrected chi connectivity index (χ0v) is 11.8. The highest BCUT2D eigenvalue weighted by atomic mass is 35.5. The van der Waals surface area contributed by atoms with E-state index >= 15 is 0 Å². The van der Waals surface area contributed by atoms with Crippen LogP contribution >= 0.6 is 23.4 Å². The van der Waals surface area contributed by atoms with Crippen molar-refractivity contribution in [3.63, 3.8) is 0 Å². The molecule has 18 heavy (non-hydrogen) atoms. The average molecular weight is 286 g/mol. The van der Waals surface area contributed by atoms with E-state index in [2.05, 4.69) is 17.2 Å². The van der Waals surface area contributed by atoms with Gasteiger partial charge in [0.2, 0.25) is 0 Å². The third-order valence-corrected chi connectivity index (χ3v) is 4.90. The summed E-state index contributed by atoms with van der Waals surface area (Å²) in [5, 5.41) is 3.24. The summed E-state index contributed by atoms with van der Waals surface area (Å²) in [7, 11) is 0. The minimum absolute atomic E-state index is 0.153. The number of nitrogens with two attached hydrogens (primary N) is 1. The first kappa shape index (κ1) is 13.5. The Balaban J connectivity index is 1.97. The van der Waals surface area contributed by atoms with Gasteiger partial charge in [0.25, 0.3) is 5.91 Å². The van der Waals surface area contributed by atoms with Crippen LogP contribution in [0.25, 0.3) is 0 Å². The summed E-state index contributed by atoms with van der Waals surface area (Å²) in [5.41, 5.74) is 5.95.